The Morgan fingerprint density at radius 1 is 1.17 bits per heavy atom. The molecular weight excluding hydrogens is 242 g/mol. The summed E-state index contributed by atoms with van der Waals surface area (Å²) in [6, 6.07) is 13.4. The summed E-state index contributed by atoms with van der Waals surface area (Å²) in [5.74, 6) is 0. The molecule has 0 fully saturated rings. The molecule has 0 saturated heterocycles. The van der Waals surface area contributed by atoms with Crippen molar-refractivity contribution in [1.29, 1.82) is 5.26 Å². The third kappa shape index (κ3) is 2.98. The molecule has 18 heavy (non-hydrogen) atoms. The second kappa shape index (κ2) is 5.81. The lowest BCUT2D eigenvalue weighted by Gasteiger charge is -2.09. The van der Waals surface area contributed by atoms with E-state index < -0.39 is 6.10 Å². The van der Waals surface area contributed by atoms with Crippen molar-refractivity contribution in [2.24, 2.45) is 0 Å². The second-order valence-corrected chi connectivity index (χ2v) is 5.43. The number of hydrogen-bond donors (Lipinski definition) is 1. The van der Waals surface area contributed by atoms with E-state index in [1.54, 1.807) is 23.5 Å². The summed E-state index contributed by atoms with van der Waals surface area (Å²) in [5.41, 5.74) is 1.48. The lowest BCUT2D eigenvalue weighted by Crippen LogP contribution is -2.00. The zero-order chi connectivity index (χ0) is 13.0. The van der Waals surface area contributed by atoms with Gasteiger partial charge in [-0.3, -0.25) is 0 Å². The number of hydrogen-bond acceptors (Lipinski definition) is 3. The maximum Gasteiger partial charge on any atom is 0.0991 e. The monoisotopic (exact) mass is 257 g/mol. The number of thiophene rings is 1. The minimum absolute atomic E-state index is 0.499. The first-order valence-electron chi connectivity index (χ1n) is 5.98. The first-order chi connectivity index (χ1) is 8.72. The molecule has 1 unspecified atom stereocenters. The number of nitrogens with zero attached hydrogens (tertiary/aromatic N) is 1. The van der Waals surface area contributed by atoms with Gasteiger partial charge in [-0.1, -0.05) is 19.1 Å². The van der Waals surface area contributed by atoms with Crippen molar-refractivity contribution < 1.29 is 5.11 Å². The van der Waals surface area contributed by atoms with Crippen LogP contribution in [0.1, 0.15) is 33.9 Å². The molecule has 0 bridgehead atoms. The van der Waals surface area contributed by atoms with E-state index in [1.165, 1.54) is 9.75 Å². The van der Waals surface area contributed by atoms with Gasteiger partial charge in [0.25, 0.3) is 0 Å². The van der Waals surface area contributed by atoms with Crippen molar-refractivity contribution in [3.8, 4) is 6.07 Å². The quantitative estimate of drug-likeness (QED) is 0.911. The van der Waals surface area contributed by atoms with Crippen LogP contribution in [0.3, 0.4) is 0 Å². The molecule has 2 rings (SSSR count). The van der Waals surface area contributed by atoms with Gasteiger partial charge in [-0.05, 0) is 36.2 Å². The minimum atomic E-state index is -0.499. The largest absolute Gasteiger partial charge is 0.388 e. The smallest absolute Gasteiger partial charge is 0.0991 e. The van der Waals surface area contributed by atoms with Crippen LogP contribution in [0.25, 0.3) is 0 Å². The van der Waals surface area contributed by atoms with E-state index in [0.717, 1.165) is 12.0 Å². The van der Waals surface area contributed by atoms with Gasteiger partial charge in [0.1, 0.15) is 0 Å². The molecule has 0 aliphatic carbocycles. The molecule has 0 saturated carbocycles. The molecule has 1 N–H and O–H groups in total. The highest BCUT2D eigenvalue weighted by Crippen LogP contribution is 2.24. The zero-order valence-electron chi connectivity index (χ0n) is 10.3. The van der Waals surface area contributed by atoms with Gasteiger partial charge in [0.05, 0.1) is 17.7 Å². The van der Waals surface area contributed by atoms with E-state index in [0.29, 0.717) is 12.0 Å². The van der Waals surface area contributed by atoms with Crippen molar-refractivity contribution in [1.82, 2.24) is 0 Å². The number of aryl methyl sites for hydroxylation is 1. The van der Waals surface area contributed by atoms with Gasteiger partial charge in [0, 0.05) is 16.2 Å². The maximum atomic E-state index is 10.1. The van der Waals surface area contributed by atoms with Crippen molar-refractivity contribution in [2.45, 2.75) is 25.9 Å². The molecule has 1 aromatic carbocycles. The molecule has 0 aliphatic heterocycles. The molecule has 0 amide bonds. The van der Waals surface area contributed by atoms with Gasteiger partial charge in [0.15, 0.2) is 0 Å². The van der Waals surface area contributed by atoms with Crippen LogP contribution in [-0.4, -0.2) is 5.11 Å². The van der Waals surface area contributed by atoms with Crippen molar-refractivity contribution in [3.63, 3.8) is 0 Å². The number of rotatable bonds is 4. The fraction of sp³-hybridized carbons (Fsp3) is 0.267. The predicted octanol–water partition coefficient (Wildman–Crippen LogP) is 3.46. The van der Waals surface area contributed by atoms with Crippen LogP contribution in [0.15, 0.2) is 36.4 Å². The van der Waals surface area contributed by atoms with Crippen molar-refractivity contribution in [3.05, 3.63) is 57.3 Å². The standard InChI is InChI=1S/C15H15NOS/c1-2-13-7-8-14(18-13)9-15(17)12-5-3-11(10-16)4-6-12/h3-8,15,17H,2,9H2,1H3. The average Bonchev–Trinajstić information content (AvgIpc) is 2.86. The fourth-order valence-corrected chi connectivity index (χ4v) is 2.80. The summed E-state index contributed by atoms with van der Waals surface area (Å²) >= 11 is 1.75. The number of nitriles is 1. The minimum Gasteiger partial charge on any atom is -0.388 e. The summed E-state index contributed by atoms with van der Waals surface area (Å²) in [4.78, 5) is 2.54. The van der Waals surface area contributed by atoms with Gasteiger partial charge in [-0.15, -0.1) is 11.3 Å². The molecule has 3 heteroatoms. The van der Waals surface area contributed by atoms with Gasteiger partial charge in [0.2, 0.25) is 0 Å². The Morgan fingerprint density at radius 2 is 1.83 bits per heavy atom. The highest BCUT2D eigenvalue weighted by atomic mass is 32.1. The fourth-order valence-electron chi connectivity index (χ4n) is 1.81. The van der Waals surface area contributed by atoms with Gasteiger partial charge < -0.3 is 5.11 Å². The van der Waals surface area contributed by atoms with Crippen LogP contribution in [-0.2, 0) is 12.8 Å². The third-order valence-corrected chi connectivity index (χ3v) is 4.14. The molecule has 1 aromatic heterocycles. The Balaban J connectivity index is 2.06. The third-order valence-electron chi connectivity index (χ3n) is 2.88. The van der Waals surface area contributed by atoms with Crippen LogP contribution in [0.2, 0.25) is 0 Å². The highest BCUT2D eigenvalue weighted by molar-refractivity contribution is 7.11. The Bertz CT molecular complexity index is 551. The Morgan fingerprint density at radius 3 is 2.39 bits per heavy atom. The highest BCUT2D eigenvalue weighted by Gasteiger charge is 2.10. The molecule has 1 heterocycles. The molecule has 0 radical (unpaired) electrons. The van der Waals surface area contributed by atoms with Crippen LogP contribution < -0.4 is 0 Å². The SMILES string of the molecule is CCc1ccc(CC(O)c2ccc(C#N)cc2)s1. The molecule has 0 spiro atoms. The van der Waals surface area contributed by atoms with Crippen molar-refractivity contribution in [2.75, 3.05) is 0 Å². The second-order valence-electron chi connectivity index (χ2n) is 4.18. The zero-order valence-corrected chi connectivity index (χ0v) is 11.1. The number of aliphatic hydroxyl groups is 1. The topological polar surface area (TPSA) is 44.0 Å². The van der Waals surface area contributed by atoms with Crippen LogP contribution in [0.4, 0.5) is 0 Å². The van der Waals surface area contributed by atoms with Gasteiger partial charge >= 0.3 is 0 Å². The van der Waals surface area contributed by atoms with E-state index in [-0.39, 0.29) is 0 Å². The van der Waals surface area contributed by atoms with E-state index in [2.05, 4.69) is 25.1 Å². The molecule has 92 valence electrons. The Labute approximate surface area is 111 Å². The molecule has 0 aliphatic rings. The Kier molecular flexibility index (Phi) is 4.14. The van der Waals surface area contributed by atoms with Crippen molar-refractivity contribution >= 4 is 11.3 Å². The van der Waals surface area contributed by atoms with E-state index in [1.807, 2.05) is 12.1 Å². The maximum absolute atomic E-state index is 10.1. The Hall–Kier alpha value is -1.63. The van der Waals surface area contributed by atoms with E-state index in [4.69, 9.17) is 5.26 Å². The average molecular weight is 257 g/mol. The summed E-state index contributed by atoms with van der Waals surface area (Å²) in [7, 11) is 0. The van der Waals surface area contributed by atoms with Gasteiger partial charge in [-0.2, -0.15) is 5.26 Å². The molecule has 2 nitrogen and oxygen atoms in total. The van der Waals surface area contributed by atoms with Crippen LogP contribution in [0, 0.1) is 11.3 Å². The predicted molar refractivity (Wildman–Crippen MR) is 73.5 cm³/mol. The van der Waals surface area contributed by atoms with Crippen LogP contribution >= 0.6 is 11.3 Å². The van der Waals surface area contributed by atoms with E-state index in [9.17, 15) is 5.11 Å². The summed E-state index contributed by atoms with van der Waals surface area (Å²) in [6.45, 7) is 2.13. The van der Waals surface area contributed by atoms with E-state index >= 15 is 0 Å². The first kappa shape index (κ1) is 12.8. The summed E-state index contributed by atoms with van der Waals surface area (Å²) < 4.78 is 0. The molecule has 1 atom stereocenters. The molecule has 2 aromatic rings. The molecular formula is C15H15NOS. The van der Waals surface area contributed by atoms with Crippen LogP contribution in [0.5, 0.6) is 0 Å². The normalized spacial score (nSPS) is 12.1. The van der Waals surface area contributed by atoms with Gasteiger partial charge in [-0.25, -0.2) is 0 Å². The first-order valence-corrected chi connectivity index (χ1v) is 6.80. The summed E-state index contributed by atoms with van der Waals surface area (Å²) in [6.07, 6.45) is 1.18. The number of aliphatic hydroxyl groups excluding tert-OH is 1. The summed E-state index contributed by atoms with van der Waals surface area (Å²) in [5, 5.41) is 18.9. The number of benzene rings is 1. The lowest BCUT2D eigenvalue weighted by molar-refractivity contribution is 0.179. The lowest BCUT2D eigenvalue weighted by atomic mass is 10.0.